The largest absolute Gasteiger partial charge is 0.493 e. The van der Waals surface area contributed by atoms with Crippen LogP contribution in [0.15, 0.2) is 35.3 Å². The summed E-state index contributed by atoms with van der Waals surface area (Å²) in [7, 11) is 1.61. The lowest BCUT2D eigenvalue weighted by Crippen LogP contribution is -2.33. The van der Waals surface area contributed by atoms with Crippen molar-refractivity contribution < 1.29 is 19.4 Å². The van der Waals surface area contributed by atoms with Gasteiger partial charge < -0.3 is 24.5 Å². The molecule has 1 aromatic carbocycles. The summed E-state index contributed by atoms with van der Waals surface area (Å²) in [5.74, 6) is 0.812. The van der Waals surface area contributed by atoms with Gasteiger partial charge in [-0.3, -0.25) is 9.78 Å². The van der Waals surface area contributed by atoms with Gasteiger partial charge in [-0.15, -0.1) is 0 Å². The molecule has 0 saturated heterocycles. The number of fused-ring (bicyclic) bond motifs is 3. The highest BCUT2D eigenvalue weighted by atomic mass is 16.5. The standard InChI is InChI=1S/C23H29N3O5/c1-14(11-15(2)25-23(28)29)13-31-17-5-6-18-19-7-8-24-16(3)21(19)22(27)26(9-10-30-4)20(18)12-17/h5-8,12,14-15,25H,9-11,13H2,1-4H3,(H,28,29). The first kappa shape index (κ1) is 22.6. The summed E-state index contributed by atoms with van der Waals surface area (Å²) < 4.78 is 12.9. The summed E-state index contributed by atoms with van der Waals surface area (Å²) in [5.41, 5.74) is 1.39. The predicted octanol–water partition coefficient (Wildman–Crippen LogP) is 3.57. The molecule has 1 amide bonds. The van der Waals surface area contributed by atoms with Gasteiger partial charge in [-0.25, -0.2) is 4.79 Å². The van der Waals surface area contributed by atoms with Gasteiger partial charge in [0.25, 0.3) is 5.56 Å². The van der Waals surface area contributed by atoms with Crippen LogP contribution in [0.1, 0.15) is 26.0 Å². The maximum Gasteiger partial charge on any atom is 0.404 e. The van der Waals surface area contributed by atoms with Crippen LogP contribution in [-0.4, -0.2) is 47.1 Å². The fourth-order valence-electron chi connectivity index (χ4n) is 3.94. The minimum absolute atomic E-state index is 0.0933. The predicted molar refractivity (Wildman–Crippen MR) is 120 cm³/mol. The van der Waals surface area contributed by atoms with E-state index in [1.807, 2.05) is 45.0 Å². The van der Waals surface area contributed by atoms with Crippen molar-refractivity contribution in [2.24, 2.45) is 5.92 Å². The van der Waals surface area contributed by atoms with Gasteiger partial charge in [0.2, 0.25) is 0 Å². The Morgan fingerprint density at radius 3 is 2.74 bits per heavy atom. The zero-order valence-electron chi connectivity index (χ0n) is 18.3. The van der Waals surface area contributed by atoms with Crippen molar-refractivity contribution in [2.75, 3.05) is 20.3 Å². The van der Waals surface area contributed by atoms with Gasteiger partial charge in [0.15, 0.2) is 0 Å². The Kier molecular flexibility index (Phi) is 7.12. The van der Waals surface area contributed by atoms with Crippen molar-refractivity contribution >= 4 is 27.8 Å². The molecule has 0 radical (unpaired) electrons. The number of ether oxygens (including phenoxy) is 2. The molecule has 0 bridgehead atoms. The van der Waals surface area contributed by atoms with Crippen molar-refractivity contribution in [3.63, 3.8) is 0 Å². The minimum atomic E-state index is -1.03. The molecule has 2 heterocycles. The monoisotopic (exact) mass is 427 g/mol. The molecule has 8 heteroatoms. The zero-order valence-corrected chi connectivity index (χ0v) is 18.3. The Bertz CT molecular complexity index is 1140. The highest BCUT2D eigenvalue weighted by Gasteiger charge is 2.15. The number of hydrogen-bond donors (Lipinski definition) is 2. The molecule has 2 aromatic heterocycles. The van der Waals surface area contributed by atoms with Crippen LogP contribution >= 0.6 is 0 Å². The van der Waals surface area contributed by atoms with Gasteiger partial charge in [0, 0.05) is 37.3 Å². The molecule has 166 valence electrons. The summed E-state index contributed by atoms with van der Waals surface area (Å²) in [4.78, 5) is 28.3. The third kappa shape index (κ3) is 5.14. The van der Waals surface area contributed by atoms with E-state index < -0.39 is 6.09 Å². The molecule has 0 saturated carbocycles. The molecule has 2 N–H and O–H groups in total. The van der Waals surface area contributed by atoms with Crippen LogP contribution in [-0.2, 0) is 11.3 Å². The fraction of sp³-hybridized carbons (Fsp3) is 0.435. The normalized spacial score (nSPS) is 13.3. The molecule has 0 aliphatic carbocycles. The smallest absolute Gasteiger partial charge is 0.404 e. The Hall–Kier alpha value is -3.13. The van der Waals surface area contributed by atoms with Crippen LogP contribution in [0.5, 0.6) is 5.75 Å². The number of nitrogens with one attached hydrogen (secondary N) is 1. The third-order valence-electron chi connectivity index (χ3n) is 5.33. The number of methoxy groups -OCH3 is 1. The first-order chi connectivity index (χ1) is 14.8. The van der Waals surface area contributed by atoms with E-state index in [-0.39, 0.29) is 17.5 Å². The van der Waals surface area contributed by atoms with Gasteiger partial charge in [0.05, 0.1) is 29.8 Å². The topological polar surface area (TPSA) is 103 Å². The number of amides is 1. The number of hydrogen-bond acceptors (Lipinski definition) is 5. The van der Waals surface area contributed by atoms with E-state index in [1.165, 1.54) is 0 Å². The molecule has 3 aromatic rings. The Morgan fingerprint density at radius 1 is 1.26 bits per heavy atom. The van der Waals surface area contributed by atoms with Crippen molar-refractivity contribution in [1.82, 2.24) is 14.9 Å². The van der Waals surface area contributed by atoms with Crippen LogP contribution in [0, 0.1) is 12.8 Å². The molecule has 0 aliphatic heterocycles. The van der Waals surface area contributed by atoms with Crippen LogP contribution in [0.4, 0.5) is 4.79 Å². The molecule has 0 spiro atoms. The Morgan fingerprint density at radius 2 is 2.03 bits per heavy atom. The maximum absolute atomic E-state index is 13.2. The summed E-state index contributed by atoms with van der Waals surface area (Å²) in [6.45, 7) is 6.96. The first-order valence-electron chi connectivity index (χ1n) is 10.3. The third-order valence-corrected chi connectivity index (χ3v) is 5.33. The van der Waals surface area contributed by atoms with E-state index in [0.717, 1.165) is 16.3 Å². The maximum atomic E-state index is 13.2. The zero-order chi connectivity index (χ0) is 22.5. The van der Waals surface area contributed by atoms with Crippen molar-refractivity contribution in [1.29, 1.82) is 0 Å². The second-order valence-electron chi connectivity index (χ2n) is 7.95. The summed E-state index contributed by atoms with van der Waals surface area (Å²) in [6.07, 6.45) is 1.35. The van der Waals surface area contributed by atoms with Gasteiger partial charge in [-0.2, -0.15) is 0 Å². The molecule has 2 unspecified atom stereocenters. The highest BCUT2D eigenvalue weighted by Crippen LogP contribution is 2.27. The molecule has 31 heavy (non-hydrogen) atoms. The van der Waals surface area contributed by atoms with Gasteiger partial charge in [0.1, 0.15) is 5.75 Å². The first-order valence-corrected chi connectivity index (χ1v) is 10.3. The van der Waals surface area contributed by atoms with Gasteiger partial charge in [-0.1, -0.05) is 6.92 Å². The summed E-state index contributed by atoms with van der Waals surface area (Å²) in [5, 5.41) is 13.7. The molecular formula is C23H29N3O5. The minimum Gasteiger partial charge on any atom is -0.493 e. The molecule has 0 fully saturated rings. The van der Waals surface area contributed by atoms with E-state index in [1.54, 1.807) is 17.9 Å². The van der Waals surface area contributed by atoms with E-state index in [4.69, 9.17) is 14.6 Å². The quantitative estimate of drug-likeness (QED) is 0.506. The second-order valence-corrected chi connectivity index (χ2v) is 7.95. The molecule has 0 aliphatic rings. The second kappa shape index (κ2) is 9.78. The average Bonchev–Trinajstić information content (AvgIpc) is 2.71. The fourth-order valence-corrected chi connectivity index (χ4v) is 3.94. The van der Waals surface area contributed by atoms with Gasteiger partial charge in [-0.05, 0) is 49.8 Å². The number of carboxylic acid groups (broad SMARTS) is 1. The number of nitrogens with zero attached hydrogens (tertiary/aromatic N) is 2. The number of benzene rings is 1. The number of aromatic nitrogens is 2. The summed E-state index contributed by atoms with van der Waals surface area (Å²) in [6, 6.07) is 7.46. The lowest BCUT2D eigenvalue weighted by Gasteiger charge is -2.19. The molecular weight excluding hydrogens is 398 g/mol. The van der Waals surface area contributed by atoms with Gasteiger partial charge >= 0.3 is 6.09 Å². The lowest BCUT2D eigenvalue weighted by molar-refractivity contribution is 0.185. The Balaban J connectivity index is 1.93. The number of rotatable bonds is 9. The molecule has 2 atom stereocenters. The number of aryl methyl sites for hydroxylation is 1. The SMILES string of the molecule is COCCn1c(=O)c2c(C)nccc2c2ccc(OCC(C)CC(C)NC(=O)O)cc21. The van der Waals surface area contributed by atoms with Crippen molar-refractivity contribution in [3.8, 4) is 5.75 Å². The number of carbonyl (C=O) groups is 1. The molecule has 3 rings (SSSR count). The average molecular weight is 428 g/mol. The van der Waals surface area contributed by atoms with Crippen molar-refractivity contribution in [2.45, 2.75) is 39.8 Å². The van der Waals surface area contributed by atoms with Crippen LogP contribution < -0.4 is 15.6 Å². The molecule has 8 nitrogen and oxygen atoms in total. The van der Waals surface area contributed by atoms with E-state index in [2.05, 4.69) is 10.3 Å². The van der Waals surface area contributed by atoms with Crippen LogP contribution in [0.3, 0.4) is 0 Å². The lowest BCUT2D eigenvalue weighted by atomic mass is 10.0. The number of pyridine rings is 2. The van der Waals surface area contributed by atoms with E-state index in [9.17, 15) is 9.59 Å². The van der Waals surface area contributed by atoms with E-state index >= 15 is 0 Å². The Labute approximate surface area is 180 Å². The van der Waals surface area contributed by atoms with Crippen LogP contribution in [0.2, 0.25) is 0 Å². The van der Waals surface area contributed by atoms with Crippen molar-refractivity contribution in [3.05, 3.63) is 46.5 Å². The summed E-state index contributed by atoms with van der Waals surface area (Å²) >= 11 is 0. The van der Waals surface area contributed by atoms with E-state index in [0.29, 0.717) is 43.0 Å². The van der Waals surface area contributed by atoms with Crippen LogP contribution in [0.25, 0.3) is 21.7 Å². The highest BCUT2D eigenvalue weighted by molar-refractivity contribution is 6.06.